The zero-order valence-electron chi connectivity index (χ0n) is 10.6. The molecule has 19 heavy (non-hydrogen) atoms. The van der Waals surface area contributed by atoms with E-state index >= 15 is 0 Å². The van der Waals surface area contributed by atoms with Crippen LogP contribution < -0.4 is 0 Å². The summed E-state index contributed by atoms with van der Waals surface area (Å²) in [5.41, 5.74) is 0.808. The van der Waals surface area contributed by atoms with Gasteiger partial charge in [-0.3, -0.25) is 0 Å². The molecule has 0 aliphatic carbocycles. The highest BCUT2D eigenvalue weighted by molar-refractivity contribution is 7.90. The van der Waals surface area contributed by atoms with Crippen LogP contribution in [0.2, 0.25) is 0 Å². The van der Waals surface area contributed by atoms with Gasteiger partial charge in [-0.05, 0) is 24.6 Å². The van der Waals surface area contributed by atoms with Crippen molar-refractivity contribution in [2.75, 3.05) is 6.26 Å². The van der Waals surface area contributed by atoms with Crippen LogP contribution in [0.15, 0.2) is 28.8 Å². The minimum absolute atomic E-state index is 0.151. The Bertz CT molecular complexity index is 679. The van der Waals surface area contributed by atoms with Crippen molar-refractivity contribution in [3.05, 3.63) is 41.5 Å². The van der Waals surface area contributed by atoms with Crippen molar-refractivity contribution < 1.29 is 18.0 Å². The SMILES string of the molecule is CC(c1noc(Cc2cccc(O)c2)n1)S(C)(=O)=O. The number of benzene rings is 1. The van der Waals surface area contributed by atoms with Crippen LogP contribution in [0.25, 0.3) is 0 Å². The average molecular weight is 282 g/mol. The predicted molar refractivity (Wildman–Crippen MR) is 68.5 cm³/mol. The van der Waals surface area contributed by atoms with E-state index in [0.29, 0.717) is 12.3 Å². The molecule has 1 N–H and O–H groups in total. The molecule has 0 saturated carbocycles. The zero-order chi connectivity index (χ0) is 14.0. The van der Waals surface area contributed by atoms with Gasteiger partial charge in [0.25, 0.3) is 0 Å². The summed E-state index contributed by atoms with van der Waals surface area (Å²) in [6.45, 7) is 1.51. The number of aromatic nitrogens is 2. The lowest BCUT2D eigenvalue weighted by molar-refractivity contribution is 0.379. The second-order valence-corrected chi connectivity index (χ2v) is 6.73. The lowest BCUT2D eigenvalue weighted by Crippen LogP contribution is -2.09. The molecule has 1 heterocycles. The van der Waals surface area contributed by atoms with Crippen LogP contribution in [-0.2, 0) is 16.3 Å². The molecule has 7 heteroatoms. The normalized spacial score (nSPS) is 13.4. The number of rotatable bonds is 4. The van der Waals surface area contributed by atoms with Crippen molar-refractivity contribution >= 4 is 9.84 Å². The van der Waals surface area contributed by atoms with Gasteiger partial charge in [0.1, 0.15) is 11.0 Å². The van der Waals surface area contributed by atoms with Gasteiger partial charge < -0.3 is 9.63 Å². The summed E-state index contributed by atoms with van der Waals surface area (Å²) in [5.74, 6) is 0.621. The predicted octanol–water partition coefficient (Wildman–Crippen LogP) is 1.47. The molecule has 0 aliphatic heterocycles. The summed E-state index contributed by atoms with van der Waals surface area (Å²) in [4.78, 5) is 4.06. The molecule has 1 aromatic heterocycles. The smallest absolute Gasteiger partial charge is 0.231 e. The Labute approximate surface area is 111 Å². The van der Waals surface area contributed by atoms with Crippen LogP contribution in [0.1, 0.15) is 29.5 Å². The molecular formula is C12H14N2O4S. The van der Waals surface area contributed by atoms with E-state index in [1.54, 1.807) is 18.2 Å². The van der Waals surface area contributed by atoms with Crippen LogP contribution in [0.4, 0.5) is 0 Å². The maximum atomic E-state index is 11.4. The fourth-order valence-corrected chi connectivity index (χ4v) is 2.02. The maximum Gasteiger partial charge on any atom is 0.231 e. The molecule has 6 nitrogen and oxygen atoms in total. The Balaban J connectivity index is 2.18. The second-order valence-electron chi connectivity index (χ2n) is 4.36. The van der Waals surface area contributed by atoms with Crippen LogP contribution in [-0.4, -0.2) is 29.9 Å². The summed E-state index contributed by atoms with van der Waals surface area (Å²) in [7, 11) is -3.25. The molecule has 2 aromatic rings. The first-order chi connectivity index (χ1) is 8.86. The van der Waals surface area contributed by atoms with Gasteiger partial charge in [0.05, 0.1) is 6.42 Å². The number of nitrogens with zero attached hydrogens (tertiary/aromatic N) is 2. The van der Waals surface area contributed by atoms with Crippen molar-refractivity contribution in [3.63, 3.8) is 0 Å². The Kier molecular flexibility index (Phi) is 3.57. The molecule has 1 unspecified atom stereocenters. The molecule has 1 aromatic carbocycles. The van der Waals surface area contributed by atoms with Crippen LogP contribution in [0, 0.1) is 0 Å². The topological polar surface area (TPSA) is 93.3 Å². The number of hydrogen-bond donors (Lipinski definition) is 1. The van der Waals surface area contributed by atoms with E-state index in [1.165, 1.54) is 6.92 Å². The first-order valence-corrected chi connectivity index (χ1v) is 7.61. The van der Waals surface area contributed by atoms with E-state index in [0.717, 1.165) is 11.8 Å². The van der Waals surface area contributed by atoms with Crippen molar-refractivity contribution in [3.8, 4) is 5.75 Å². The number of phenolic OH excluding ortho intramolecular Hbond substituents is 1. The summed E-state index contributed by atoms with van der Waals surface area (Å²) < 4.78 is 27.8. The summed E-state index contributed by atoms with van der Waals surface area (Å²) in [6, 6.07) is 6.67. The molecule has 0 saturated heterocycles. The monoisotopic (exact) mass is 282 g/mol. The van der Waals surface area contributed by atoms with E-state index in [2.05, 4.69) is 10.1 Å². The van der Waals surface area contributed by atoms with Crippen LogP contribution >= 0.6 is 0 Å². The molecule has 0 amide bonds. The molecule has 0 bridgehead atoms. The Morgan fingerprint density at radius 2 is 2.16 bits per heavy atom. The third-order valence-electron chi connectivity index (χ3n) is 2.76. The first kappa shape index (κ1) is 13.5. The van der Waals surface area contributed by atoms with E-state index in [4.69, 9.17) is 4.52 Å². The van der Waals surface area contributed by atoms with E-state index in [1.807, 2.05) is 6.07 Å². The first-order valence-electron chi connectivity index (χ1n) is 5.65. The summed E-state index contributed by atoms with van der Waals surface area (Å²) in [6.07, 6.45) is 1.47. The van der Waals surface area contributed by atoms with E-state index < -0.39 is 15.1 Å². The van der Waals surface area contributed by atoms with Crippen molar-refractivity contribution in [2.24, 2.45) is 0 Å². The highest BCUT2D eigenvalue weighted by Gasteiger charge is 2.23. The molecule has 1 atom stereocenters. The van der Waals surface area contributed by atoms with Gasteiger partial charge in [0.2, 0.25) is 5.89 Å². The summed E-state index contributed by atoms with van der Waals surface area (Å²) in [5, 5.41) is 12.2. The third kappa shape index (κ3) is 3.31. The van der Waals surface area contributed by atoms with Gasteiger partial charge in [-0.2, -0.15) is 4.98 Å². The lowest BCUT2D eigenvalue weighted by Gasteiger charge is -2.01. The minimum atomic E-state index is -3.25. The van der Waals surface area contributed by atoms with Crippen molar-refractivity contribution in [1.82, 2.24) is 10.1 Å². The molecule has 102 valence electrons. The number of phenols is 1. The second kappa shape index (κ2) is 5.00. The minimum Gasteiger partial charge on any atom is -0.508 e. The maximum absolute atomic E-state index is 11.4. The van der Waals surface area contributed by atoms with Crippen LogP contribution in [0.3, 0.4) is 0 Å². The van der Waals surface area contributed by atoms with Crippen LogP contribution in [0.5, 0.6) is 5.75 Å². The standard InChI is InChI=1S/C12H14N2O4S/c1-8(19(2,16)17)12-13-11(18-14-12)7-9-4-3-5-10(15)6-9/h3-6,8,15H,7H2,1-2H3. The highest BCUT2D eigenvalue weighted by Crippen LogP contribution is 2.19. The lowest BCUT2D eigenvalue weighted by atomic mass is 10.1. The molecule has 0 fully saturated rings. The Morgan fingerprint density at radius 1 is 1.42 bits per heavy atom. The van der Waals surface area contributed by atoms with Crippen molar-refractivity contribution in [1.29, 1.82) is 0 Å². The van der Waals surface area contributed by atoms with E-state index in [9.17, 15) is 13.5 Å². The third-order valence-corrected chi connectivity index (χ3v) is 4.25. The molecule has 0 radical (unpaired) electrons. The number of aromatic hydroxyl groups is 1. The number of hydrogen-bond acceptors (Lipinski definition) is 6. The Hall–Kier alpha value is -1.89. The van der Waals surface area contributed by atoms with Gasteiger partial charge in [0.15, 0.2) is 15.7 Å². The molecule has 2 rings (SSSR count). The average Bonchev–Trinajstić information content (AvgIpc) is 2.75. The molecule has 0 aliphatic rings. The highest BCUT2D eigenvalue weighted by atomic mass is 32.2. The largest absolute Gasteiger partial charge is 0.508 e. The van der Waals surface area contributed by atoms with Gasteiger partial charge in [-0.1, -0.05) is 17.3 Å². The van der Waals surface area contributed by atoms with Gasteiger partial charge in [-0.15, -0.1) is 0 Å². The fourth-order valence-electron chi connectivity index (χ4n) is 1.54. The molecule has 0 spiro atoms. The fraction of sp³-hybridized carbons (Fsp3) is 0.333. The van der Waals surface area contributed by atoms with E-state index in [-0.39, 0.29) is 11.6 Å². The van der Waals surface area contributed by atoms with Gasteiger partial charge >= 0.3 is 0 Å². The molecular weight excluding hydrogens is 268 g/mol. The summed E-state index contributed by atoms with van der Waals surface area (Å²) >= 11 is 0. The number of sulfone groups is 1. The quantitative estimate of drug-likeness (QED) is 0.912. The van der Waals surface area contributed by atoms with Gasteiger partial charge in [0, 0.05) is 6.26 Å². The van der Waals surface area contributed by atoms with Crippen molar-refractivity contribution in [2.45, 2.75) is 18.6 Å². The zero-order valence-corrected chi connectivity index (χ0v) is 11.4. The Morgan fingerprint density at radius 3 is 2.79 bits per heavy atom. The van der Waals surface area contributed by atoms with Gasteiger partial charge in [-0.25, -0.2) is 8.42 Å².